The molecule has 0 unspecified atom stereocenters. The Labute approximate surface area is 135 Å². The van der Waals surface area contributed by atoms with E-state index in [0.29, 0.717) is 0 Å². The average Bonchev–Trinajstić information content (AvgIpc) is 2.80. The Morgan fingerprint density at radius 2 is 1.86 bits per heavy atom. The topological polar surface area (TPSA) is 15.3 Å². The maximum Gasteiger partial charge on any atom is 0.146 e. The highest BCUT2D eigenvalue weighted by Crippen LogP contribution is 2.25. The molecule has 1 fully saturated rings. The van der Waals surface area contributed by atoms with Crippen LogP contribution in [0.3, 0.4) is 0 Å². The minimum atomic E-state index is -0.0680. The van der Waals surface area contributed by atoms with Crippen molar-refractivity contribution in [3.05, 3.63) is 29.6 Å². The molecule has 3 heteroatoms. The van der Waals surface area contributed by atoms with Crippen molar-refractivity contribution in [3.8, 4) is 0 Å². The van der Waals surface area contributed by atoms with E-state index in [1.165, 1.54) is 44.9 Å². The number of nitrogens with one attached hydrogen (secondary N) is 1. The minimum absolute atomic E-state index is 0.0680. The molecule has 0 radical (unpaired) electrons. The van der Waals surface area contributed by atoms with Crippen molar-refractivity contribution in [2.45, 2.75) is 64.8 Å². The van der Waals surface area contributed by atoms with Gasteiger partial charge in [-0.25, -0.2) is 4.39 Å². The maximum atomic E-state index is 14.5. The molecule has 2 nitrogen and oxygen atoms in total. The summed E-state index contributed by atoms with van der Waals surface area (Å²) in [5.41, 5.74) is 1.83. The third-order valence-electron chi connectivity index (χ3n) is 4.65. The molecule has 1 N–H and O–H groups in total. The molecule has 2 rings (SSSR count). The molecule has 1 aliphatic rings. The second kappa shape index (κ2) is 9.14. The Hall–Kier alpha value is -1.09. The fourth-order valence-electron chi connectivity index (χ4n) is 3.17. The van der Waals surface area contributed by atoms with Crippen LogP contribution in [0.5, 0.6) is 0 Å². The predicted octanol–water partition coefficient (Wildman–Crippen LogP) is 5.05. The molecule has 22 heavy (non-hydrogen) atoms. The zero-order valence-corrected chi connectivity index (χ0v) is 14.2. The normalized spacial score (nSPS) is 17.3. The van der Waals surface area contributed by atoms with E-state index >= 15 is 0 Å². The van der Waals surface area contributed by atoms with E-state index in [2.05, 4.69) is 30.1 Å². The van der Waals surface area contributed by atoms with Crippen LogP contribution in [0.2, 0.25) is 0 Å². The predicted molar refractivity (Wildman–Crippen MR) is 93.0 cm³/mol. The van der Waals surface area contributed by atoms with Gasteiger partial charge in [0.15, 0.2) is 0 Å². The largest absolute Gasteiger partial charge is 0.369 e. The summed E-state index contributed by atoms with van der Waals surface area (Å²) in [6.07, 6.45) is 8.57. The Kier molecular flexibility index (Phi) is 7.17. The quantitative estimate of drug-likeness (QED) is 0.709. The summed E-state index contributed by atoms with van der Waals surface area (Å²) in [6, 6.07) is 5.99. The van der Waals surface area contributed by atoms with Crippen LogP contribution in [0.15, 0.2) is 18.2 Å². The molecule has 0 bridgehead atoms. The second-order valence-electron chi connectivity index (χ2n) is 6.50. The van der Waals surface area contributed by atoms with Crippen molar-refractivity contribution in [2.75, 3.05) is 24.5 Å². The molecule has 1 aromatic carbocycles. The van der Waals surface area contributed by atoms with Gasteiger partial charge in [-0.3, -0.25) is 0 Å². The SMILES string of the molecule is CCCCCN[C@H](C)c1ccc(N2CCCCCC2)c(F)c1. The zero-order chi connectivity index (χ0) is 15.8. The van der Waals surface area contributed by atoms with Crippen molar-refractivity contribution in [1.29, 1.82) is 0 Å². The van der Waals surface area contributed by atoms with Gasteiger partial charge in [0.25, 0.3) is 0 Å². The van der Waals surface area contributed by atoms with Gasteiger partial charge < -0.3 is 10.2 Å². The Morgan fingerprint density at radius 1 is 1.14 bits per heavy atom. The number of benzene rings is 1. The van der Waals surface area contributed by atoms with Crippen LogP contribution in [-0.4, -0.2) is 19.6 Å². The fraction of sp³-hybridized carbons (Fsp3) is 0.684. The minimum Gasteiger partial charge on any atom is -0.369 e. The van der Waals surface area contributed by atoms with Crippen molar-refractivity contribution < 1.29 is 4.39 Å². The molecule has 0 amide bonds. The van der Waals surface area contributed by atoms with E-state index in [4.69, 9.17) is 0 Å². The van der Waals surface area contributed by atoms with Crippen LogP contribution in [0, 0.1) is 5.82 Å². The summed E-state index contributed by atoms with van der Waals surface area (Å²) < 4.78 is 14.5. The summed E-state index contributed by atoms with van der Waals surface area (Å²) in [4.78, 5) is 2.21. The first kappa shape index (κ1) is 17.3. The Morgan fingerprint density at radius 3 is 2.50 bits per heavy atom. The first-order chi connectivity index (χ1) is 10.7. The van der Waals surface area contributed by atoms with Crippen molar-refractivity contribution in [1.82, 2.24) is 5.32 Å². The van der Waals surface area contributed by atoms with Crippen LogP contribution in [-0.2, 0) is 0 Å². The third-order valence-corrected chi connectivity index (χ3v) is 4.65. The number of rotatable bonds is 7. The van der Waals surface area contributed by atoms with Crippen LogP contribution in [0.1, 0.15) is 70.4 Å². The Balaban J connectivity index is 1.96. The lowest BCUT2D eigenvalue weighted by Crippen LogP contribution is -2.25. The molecule has 1 heterocycles. The van der Waals surface area contributed by atoms with Crippen LogP contribution in [0.25, 0.3) is 0 Å². The molecular weight excluding hydrogens is 275 g/mol. The van der Waals surface area contributed by atoms with Gasteiger partial charge in [-0.1, -0.05) is 38.7 Å². The van der Waals surface area contributed by atoms with Gasteiger partial charge in [0.1, 0.15) is 5.82 Å². The van der Waals surface area contributed by atoms with Gasteiger partial charge in [-0.2, -0.15) is 0 Å². The lowest BCUT2D eigenvalue weighted by Gasteiger charge is -2.24. The second-order valence-corrected chi connectivity index (χ2v) is 6.50. The molecule has 0 aliphatic carbocycles. The average molecular weight is 306 g/mol. The number of unbranched alkanes of at least 4 members (excludes halogenated alkanes) is 2. The summed E-state index contributed by atoms with van der Waals surface area (Å²) in [7, 11) is 0. The highest BCUT2D eigenvalue weighted by atomic mass is 19.1. The van der Waals surface area contributed by atoms with Crippen LogP contribution < -0.4 is 10.2 Å². The number of nitrogens with zero attached hydrogens (tertiary/aromatic N) is 1. The maximum absolute atomic E-state index is 14.5. The van der Waals surface area contributed by atoms with E-state index in [0.717, 1.165) is 30.9 Å². The van der Waals surface area contributed by atoms with E-state index in [1.807, 2.05) is 6.07 Å². The number of hydrogen-bond acceptors (Lipinski definition) is 2. The van der Waals surface area contributed by atoms with E-state index in [9.17, 15) is 4.39 Å². The first-order valence-corrected chi connectivity index (χ1v) is 9.00. The van der Waals surface area contributed by atoms with E-state index in [-0.39, 0.29) is 11.9 Å². The van der Waals surface area contributed by atoms with E-state index < -0.39 is 0 Å². The van der Waals surface area contributed by atoms with Crippen LogP contribution in [0.4, 0.5) is 10.1 Å². The summed E-state index contributed by atoms with van der Waals surface area (Å²) in [5, 5.41) is 3.49. The molecule has 124 valence electrons. The fourth-order valence-corrected chi connectivity index (χ4v) is 3.17. The lowest BCUT2D eigenvalue weighted by molar-refractivity contribution is 0.538. The van der Waals surface area contributed by atoms with Crippen LogP contribution >= 0.6 is 0 Å². The van der Waals surface area contributed by atoms with Gasteiger partial charge in [0.2, 0.25) is 0 Å². The molecule has 1 atom stereocenters. The molecule has 1 saturated heterocycles. The van der Waals surface area contributed by atoms with Gasteiger partial charge in [0.05, 0.1) is 5.69 Å². The number of anilines is 1. The lowest BCUT2D eigenvalue weighted by atomic mass is 10.1. The van der Waals surface area contributed by atoms with Gasteiger partial charge in [-0.05, 0) is 50.4 Å². The molecule has 1 aliphatic heterocycles. The first-order valence-electron chi connectivity index (χ1n) is 9.00. The monoisotopic (exact) mass is 306 g/mol. The highest BCUT2D eigenvalue weighted by Gasteiger charge is 2.15. The van der Waals surface area contributed by atoms with Crippen molar-refractivity contribution in [3.63, 3.8) is 0 Å². The molecule has 1 aromatic rings. The number of halogens is 1. The van der Waals surface area contributed by atoms with Gasteiger partial charge in [0, 0.05) is 19.1 Å². The molecule has 0 aromatic heterocycles. The molecule has 0 spiro atoms. The summed E-state index contributed by atoms with van der Waals surface area (Å²) in [5.74, 6) is -0.0680. The standard InChI is InChI=1S/C19H31FN2/c1-3-4-7-12-21-16(2)17-10-11-19(18(20)15-17)22-13-8-5-6-9-14-22/h10-11,15-16,21H,3-9,12-14H2,1-2H3/t16-/m1/s1. The zero-order valence-electron chi connectivity index (χ0n) is 14.2. The summed E-state index contributed by atoms with van der Waals surface area (Å²) >= 11 is 0. The van der Waals surface area contributed by atoms with Gasteiger partial charge >= 0.3 is 0 Å². The van der Waals surface area contributed by atoms with Gasteiger partial charge in [-0.15, -0.1) is 0 Å². The third kappa shape index (κ3) is 4.98. The Bertz CT molecular complexity index is 439. The highest BCUT2D eigenvalue weighted by molar-refractivity contribution is 5.49. The van der Waals surface area contributed by atoms with Crippen molar-refractivity contribution >= 4 is 5.69 Å². The van der Waals surface area contributed by atoms with E-state index in [1.54, 1.807) is 6.07 Å². The number of hydrogen-bond donors (Lipinski definition) is 1. The molecule has 0 saturated carbocycles. The summed E-state index contributed by atoms with van der Waals surface area (Å²) in [6.45, 7) is 7.30. The van der Waals surface area contributed by atoms with Crippen molar-refractivity contribution in [2.24, 2.45) is 0 Å². The molecular formula is C19H31FN2. The smallest absolute Gasteiger partial charge is 0.146 e.